The molecule has 0 saturated carbocycles. The molecule has 0 fully saturated rings. The quantitative estimate of drug-likeness (QED) is 0.638. The Hall–Kier alpha value is -1.32. The summed E-state index contributed by atoms with van der Waals surface area (Å²) in [5.74, 6) is -1.33. The molecule has 2 N–H and O–H groups in total. The maximum absolute atomic E-state index is 11.4. The van der Waals surface area contributed by atoms with Gasteiger partial charge < -0.3 is 10.4 Å². The molecule has 74 valence electrons. The number of hydrogen-bond donors (Lipinski definition) is 2. The highest BCUT2D eigenvalue weighted by molar-refractivity contribution is 6.00. The second-order valence-corrected chi connectivity index (χ2v) is 3.73. The molecule has 4 nitrogen and oxygen atoms in total. The Kier molecular flexibility index (Phi) is 3.66. The largest absolute Gasteiger partial charge is 0.477 e. The van der Waals surface area contributed by atoms with E-state index in [1.807, 2.05) is 0 Å². The average Bonchev–Trinajstić information content (AvgIpc) is 1.96. The molecule has 0 saturated heterocycles. The van der Waals surface area contributed by atoms with Crippen LogP contribution in [0.5, 0.6) is 0 Å². The molecule has 0 amide bonds. The molecule has 0 aromatic heterocycles. The van der Waals surface area contributed by atoms with Crippen LogP contribution >= 0.6 is 0 Å². The summed E-state index contributed by atoms with van der Waals surface area (Å²) in [5, 5.41) is 11.1. The van der Waals surface area contributed by atoms with Gasteiger partial charge in [-0.15, -0.1) is 0 Å². The first-order valence-electron chi connectivity index (χ1n) is 3.96. The first kappa shape index (κ1) is 11.7. The molecule has 0 atom stereocenters. The van der Waals surface area contributed by atoms with Crippen LogP contribution in [0.4, 0.5) is 0 Å². The Morgan fingerprint density at radius 2 is 1.77 bits per heavy atom. The van der Waals surface area contributed by atoms with Gasteiger partial charge in [0.2, 0.25) is 0 Å². The maximum Gasteiger partial charge on any atom is 0.352 e. The summed E-state index contributed by atoms with van der Waals surface area (Å²) < 4.78 is 0. The highest BCUT2D eigenvalue weighted by atomic mass is 16.4. The molecule has 13 heavy (non-hydrogen) atoms. The Labute approximate surface area is 77.6 Å². The van der Waals surface area contributed by atoms with E-state index < -0.39 is 11.4 Å². The van der Waals surface area contributed by atoms with Gasteiger partial charge >= 0.3 is 5.97 Å². The number of allylic oxidation sites excluding steroid dienone is 1. The number of carboxylic acids is 1. The summed E-state index contributed by atoms with van der Waals surface area (Å²) in [6, 6.07) is 0. The van der Waals surface area contributed by atoms with Crippen molar-refractivity contribution in [3.8, 4) is 0 Å². The maximum atomic E-state index is 11.4. The van der Waals surface area contributed by atoms with E-state index in [1.54, 1.807) is 20.8 Å². The van der Waals surface area contributed by atoms with Crippen LogP contribution in [0.1, 0.15) is 20.8 Å². The molecule has 0 heterocycles. The zero-order chi connectivity index (χ0) is 10.6. The van der Waals surface area contributed by atoms with Gasteiger partial charge in [-0.25, -0.2) is 4.79 Å². The predicted molar refractivity (Wildman–Crippen MR) is 49.2 cm³/mol. The number of carbonyl (C=O) groups excluding carboxylic acids is 1. The number of nitrogens with one attached hydrogen (secondary N) is 1. The van der Waals surface area contributed by atoms with Gasteiger partial charge in [0.15, 0.2) is 5.78 Å². The van der Waals surface area contributed by atoms with Crippen LogP contribution in [0.25, 0.3) is 0 Å². The molecule has 0 aliphatic heterocycles. The number of ketones is 1. The molecule has 0 aromatic rings. The van der Waals surface area contributed by atoms with E-state index in [9.17, 15) is 9.59 Å². The molecular weight excluding hydrogens is 170 g/mol. The smallest absolute Gasteiger partial charge is 0.352 e. The van der Waals surface area contributed by atoms with Gasteiger partial charge in [0.25, 0.3) is 0 Å². The van der Waals surface area contributed by atoms with E-state index in [-0.39, 0.29) is 11.5 Å². The first-order chi connectivity index (χ1) is 5.79. The highest BCUT2D eigenvalue weighted by Gasteiger charge is 2.20. The van der Waals surface area contributed by atoms with Crippen molar-refractivity contribution in [1.82, 2.24) is 5.32 Å². The SMILES string of the molecule is CN/C(=C\C(=O)C(C)(C)C)C(=O)O. The van der Waals surface area contributed by atoms with Crippen molar-refractivity contribution in [2.24, 2.45) is 5.41 Å². The molecule has 0 spiro atoms. The second-order valence-electron chi connectivity index (χ2n) is 3.73. The van der Waals surface area contributed by atoms with Crippen molar-refractivity contribution in [3.05, 3.63) is 11.8 Å². The summed E-state index contributed by atoms with van der Waals surface area (Å²) in [5.41, 5.74) is -0.627. The van der Waals surface area contributed by atoms with Crippen molar-refractivity contribution >= 4 is 11.8 Å². The van der Waals surface area contributed by atoms with Gasteiger partial charge in [-0.05, 0) is 0 Å². The van der Waals surface area contributed by atoms with E-state index in [4.69, 9.17) is 5.11 Å². The third kappa shape index (κ3) is 3.73. The average molecular weight is 185 g/mol. The monoisotopic (exact) mass is 185 g/mol. The van der Waals surface area contributed by atoms with Crippen molar-refractivity contribution in [3.63, 3.8) is 0 Å². The molecule has 0 aliphatic carbocycles. The van der Waals surface area contributed by atoms with Crippen LogP contribution in [0.2, 0.25) is 0 Å². The van der Waals surface area contributed by atoms with E-state index in [0.717, 1.165) is 6.08 Å². The van der Waals surface area contributed by atoms with Crippen LogP contribution in [0, 0.1) is 5.41 Å². The number of aliphatic carboxylic acids is 1. The van der Waals surface area contributed by atoms with Crippen LogP contribution < -0.4 is 5.32 Å². The van der Waals surface area contributed by atoms with Gasteiger partial charge in [-0.2, -0.15) is 0 Å². The highest BCUT2D eigenvalue weighted by Crippen LogP contribution is 2.15. The molecule has 0 aromatic carbocycles. The second kappa shape index (κ2) is 4.07. The number of carboxylic acid groups (broad SMARTS) is 1. The lowest BCUT2D eigenvalue weighted by Gasteiger charge is -2.13. The Balaban J connectivity index is 4.73. The fraction of sp³-hybridized carbons (Fsp3) is 0.556. The topological polar surface area (TPSA) is 66.4 Å². The van der Waals surface area contributed by atoms with Crippen molar-refractivity contribution in [1.29, 1.82) is 0 Å². The number of likely N-dealkylation sites (N-methyl/N-ethyl adjacent to an activating group) is 1. The molecule has 0 unspecified atom stereocenters. The Morgan fingerprint density at radius 1 is 1.31 bits per heavy atom. The molecule has 4 heteroatoms. The van der Waals surface area contributed by atoms with E-state index >= 15 is 0 Å². The van der Waals surface area contributed by atoms with E-state index in [0.29, 0.717) is 0 Å². The van der Waals surface area contributed by atoms with Crippen molar-refractivity contribution < 1.29 is 14.7 Å². The molecule has 0 bridgehead atoms. The summed E-state index contributed by atoms with van der Waals surface area (Å²) in [7, 11) is 1.47. The number of rotatable bonds is 3. The minimum Gasteiger partial charge on any atom is -0.477 e. The first-order valence-corrected chi connectivity index (χ1v) is 3.96. The number of carbonyl (C=O) groups is 2. The third-order valence-electron chi connectivity index (χ3n) is 1.51. The minimum absolute atomic E-state index is 0.0834. The van der Waals surface area contributed by atoms with E-state index in [2.05, 4.69) is 5.32 Å². The van der Waals surface area contributed by atoms with Gasteiger partial charge in [0.05, 0.1) is 0 Å². The normalized spacial score (nSPS) is 12.5. The van der Waals surface area contributed by atoms with Crippen LogP contribution in [-0.4, -0.2) is 23.9 Å². The van der Waals surface area contributed by atoms with Gasteiger partial charge in [-0.1, -0.05) is 20.8 Å². The van der Waals surface area contributed by atoms with Gasteiger partial charge in [0, 0.05) is 18.5 Å². The predicted octanol–water partition coefficient (Wildman–Crippen LogP) is 0.790. The molecule has 0 radical (unpaired) electrons. The van der Waals surface area contributed by atoms with Gasteiger partial charge in [-0.3, -0.25) is 4.79 Å². The number of hydrogen-bond acceptors (Lipinski definition) is 3. The van der Waals surface area contributed by atoms with Crippen molar-refractivity contribution in [2.45, 2.75) is 20.8 Å². The fourth-order valence-electron chi connectivity index (χ4n) is 0.588. The summed E-state index contributed by atoms with van der Waals surface area (Å²) in [4.78, 5) is 21.9. The standard InChI is InChI=1S/C9H15NO3/c1-9(2,3)7(11)5-6(10-4)8(12)13/h5,10H,1-4H3,(H,12,13)/b6-5-. The summed E-state index contributed by atoms with van der Waals surface area (Å²) in [6.45, 7) is 5.21. The lowest BCUT2D eigenvalue weighted by Crippen LogP contribution is -2.23. The van der Waals surface area contributed by atoms with Crippen LogP contribution in [-0.2, 0) is 9.59 Å². The third-order valence-corrected chi connectivity index (χ3v) is 1.51. The summed E-state index contributed by atoms with van der Waals surface area (Å²) >= 11 is 0. The minimum atomic E-state index is -1.12. The lowest BCUT2D eigenvalue weighted by atomic mass is 9.90. The molecular formula is C9H15NO3. The van der Waals surface area contributed by atoms with E-state index in [1.165, 1.54) is 7.05 Å². The van der Waals surface area contributed by atoms with Crippen molar-refractivity contribution in [2.75, 3.05) is 7.05 Å². The fourth-order valence-corrected chi connectivity index (χ4v) is 0.588. The molecule has 0 aliphatic rings. The van der Waals surface area contributed by atoms with Gasteiger partial charge in [0.1, 0.15) is 5.70 Å². The Morgan fingerprint density at radius 3 is 2.00 bits per heavy atom. The summed E-state index contributed by atoms with van der Waals surface area (Å²) in [6.07, 6.45) is 1.11. The Bertz CT molecular complexity index is 248. The van der Waals surface area contributed by atoms with Crippen LogP contribution in [0.3, 0.4) is 0 Å². The van der Waals surface area contributed by atoms with Crippen LogP contribution in [0.15, 0.2) is 11.8 Å². The zero-order valence-electron chi connectivity index (χ0n) is 8.34. The zero-order valence-corrected chi connectivity index (χ0v) is 8.34. The lowest BCUT2D eigenvalue weighted by molar-refractivity contribution is -0.133. The molecule has 0 rings (SSSR count).